The average molecular weight is 327 g/mol. The fourth-order valence-electron chi connectivity index (χ4n) is 1.66. The summed E-state index contributed by atoms with van der Waals surface area (Å²) < 4.78 is 10.7. The van der Waals surface area contributed by atoms with Crippen LogP contribution in [0.25, 0.3) is 0 Å². The first-order valence-corrected chi connectivity index (χ1v) is 8.82. The summed E-state index contributed by atoms with van der Waals surface area (Å²) in [6.45, 7) is 3.12. The van der Waals surface area contributed by atoms with Gasteiger partial charge in [0.2, 0.25) is 5.91 Å². The molecule has 1 rings (SSSR count). The van der Waals surface area contributed by atoms with E-state index in [4.69, 9.17) is 9.47 Å². The molecule has 0 radical (unpaired) electrons. The van der Waals surface area contributed by atoms with Crippen LogP contribution in [-0.2, 0) is 9.53 Å². The molecule has 1 unspecified atom stereocenters. The van der Waals surface area contributed by atoms with Gasteiger partial charge in [-0.05, 0) is 36.9 Å². The van der Waals surface area contributed by atoms with Crippen molar-refractivity contribution in [2.45, 2.75) is 25.9 Å². The lowest BCUT2D eigenvalue weighted by molar-refractivity contribution is -0.115. The summed E-state index contributed by atoms with van der Waals surface area (Å²) in [6.07, 6.45) is 2.76. The Labute approximate surface area is 136 Å². The zero-order valence-electron chi connectivity index (χ0n) is 13.2. The molecule has 22 heavy (non-hydrogen) atoms. The van der Waals surface area contributed by atoms with E-state index in [0.29, 0.717) is 18.8 Å². The maximum atomic E-state index is 11.6. The van der Waals surface area contributed by atoms with E-state index >= 15 is 0 Å². The van der Waals surface area contributed by atoms with Crippen LogP contribution in [0.4, 0.5) is 5.69 Å². The molecule has 0 aliphatic heterocycles. The summed E-state index contributed by atoms with van der Waals surface area (Å²) in [6, 6.07) is 7.10. The molecule has 0 saturated heterocycles. The molecule has 2 N–H and O–H groups in total. The van der Waals surface area contributed by atoms with Crippen LogP contribution in [0.15, 0.2) is 24.3 Å². The van der Waals surface area contributed by atoms with Crippen molar-refractivity contribution in [3.05, 3.63) is 24.3 Å². The highest BCUT2D eigenvalue weighted by molar-refractivity contribution is 7.98. The summed E-state index contributed by atoms with van der Waals surface area (Å²) in [5.41, 5.74) is 0.741. The minimum atomic E-state index is -0.641. The van der Waals surface area contributed by atoms with Crippen LogP contribution < -0.4 is 10.1 Å². The summed E-state index contributed by atoms with van der Waals surface area (Å²) in [7, 11) is 0. The summed E-state index contributed by atoms with van der Waals surface area (Å²) in [5.74, 6) is 1.47. The molecule has 0 heterocycles. The second-order valence-corrected chi connectivity index (χ2v) is 5.84. The Morgan fingerprint density at radius 1 is 1.32 bits per heavy atom. The number of aliphatic hydroxyl groups is 1. The number of anilines is 1. The Morgan fingerprint density at radius 2 is 2.05 bits per heavy atom. The van der Waals surface area contributed by atoms with Gasteiger partial charge in [0.1, 0.15) is 18.5 Å². The van der Waals surface area contributed by atoms with Crippen LogP contribution in [0.3, 0.4) is 0 Å². The number of hydrogen-bond acceptors (Lipinski definition) is 5. The van der Waals surface area contributed by atoms with Crippen LogP contribution in [-0.4, -0.2) is 48.9 Å². The Bertz CT molecular complexity index is 425. The van der Waals surface area contributed by atoms with Crippen LogP contribution in [0.2, 0.25) is 0 Å². The van der Waals surface area contributed by atoms with Crippen LogP contribution >= 0.6 is 11.8 Å². The molecule has 0 spiro atoms. The number of benzene rings is 1. The molecular formula is C16H25NO4S. The molecule has 1 atom stereocenters. The Balaban J connectivity index is 2.30. The fraction of sp³-hybridized carbons (Fsp3) is 0.562. The first kappa shape index (κ1) is 18.8. The van der Waals surface area contributed by atoms with Gasteiger partial charge in [-0.2, -0.15) is 11.8 Å². The third kappa shape index (κ3) is 8.26. The van der Waals surface area contributed by atoms with E-state index in [1.165, 1.54) is 0 Å². The van der Waals surface area contributed by atoms with Crippen molar-refractivity contribution in [3.63, 3.8) is 0 Å². The topological polar surface area (TPSA) is 67.8 Å². The van der Waals surface area contributed by atoms with E-state index in [2.05, 4.69) is 5.32 Å². The van der Waals surface area contributed by atoms with Gasteiger partial charge in [0.05, 0.1) is 6.61 Å². The largest absolute Gasteiger partial charge is 0.491 e. The van der Waals surface area contributed by atoms with Crippen LogP contribution in [0, 0.1) is 0 Å². The monoisotopic (exact) mass is 327 g/mol. The third-order valence-corrected chi connectivity index (χ3v) is 3.38. The number of thioether (sulfide) groups is 1. The van der Waals surface area contributed by atoms with Gasteiger partial charge in [-0.1, -0.05) is 6.92 Å². The summed E-state index contributed by atoms with van der Waals surface area (Å²) >= 11 is 1.64. The zero-order valence-corrected chi connectivity index (χ0v) is 14.0. The molecule has 0 aromatic heterocycles. The van der Waals surface area contributed by atoms with E-state index in [0.717, 1.165) is 17.9 Å². The van der Waals surface area contributed by atoms with Gasteiger partial charge in [0.15, 0.2) is 0 Å². The maximum absolute atomic E-state index is 11.6. The second kappa shape index (κ2) is 11.3. The van der Waals surface area contributed by atoms with Crippen LogP contribution in [0.1, 0.15) is 19.8 Å². The smallest absolute Gasteiger partial charge is 0.225 e. The second-order valence-electron chi connectivity index (χ2n) is 4.86. The zero-order chi connectivity index (χ0) is 16.2. The standard InChI is InChI=1S/C16H25NO4S/c1-3-9-20-11-14(18)12-21-15-6-4-13(5-7-15)17-16(19)8-10-22-2/h4-7,14,18H,3,8-12H2,1-2H3,(H,17,19). The molecule has 0 saturated carbocycles. The maximum Gasteiger partial charge on any atom is 0.225 e. The molecular weight excluding hydrogens is 302 g/mol. The Kier molecular flexibility index (Phi) is 9.70. The molecule has 124 valence electrons. The Morgan fingerprint density at radius 3 is 2.68 bits per heavy atom. The van der Waals surface area contributed by atoms with E-state index in [-0.39, 0.29) is 19.1 Å². The van der Waals surface area contributed by atoms with Crippen molar-refractivity contribution in [1.82, 2.24) is 0 Å². The number of nitrogens with one attached hydrogen (secondary N) is 1. The minimum Gasteiger partial charge on any atom is -0.491 e. The van der Waals surface area contributed by atoms with E-state index in [9.17, 15) is 9.90 Å². The predicted molar refractivity (Wildman–Crippen MR) is 90.7 cm³/mol. The van der Waals surface area contributed by atoms with Crippen molar-refractivity contribution in [2.24, 2.45) is 0 Å². The molecule has 5 nitrogen and oxygen atoms in total. The molecule has 0 bridgehead atoms. The molecule has 6 heteroatoms. The van der Waals surface area contributed by atoms with E-state index < -0.39 is 6.10 Å². The molecule has 1 aromatic carbocycles. The van der Waals surface area contributed by atoms with Gasteiger partial charge in [0, 0.05) is 24.5 Å². The molecule has 0 aliphatic carbocycles. The van der Waals surface area contributed by atoms with Gasteiger partial charge < -0.3 is 19.9 Å². The normalized spacial score (nSPS) is 12.0. The van der Waals surface area contributed by atoms with Crippen LogP contribution in [0.5, 0.6) is 5.75 Å². The minimum absolute atomic E-state index is 0.00603. The lowest BCUT2D eigenvalue weighted by atomic mass is 10.3. The van der Waals surface area contributed by atoms with E-state index in [1.807, 2.05) is 13.2 Å². The highest BCUT2D eigenvalue weighted by atomic mass is 32.2. The number of carbonyl (C=O) groups is 1. The van der Waals surface area contributed by atoms with Gasteiger partial charge in [0.25, 0.3) is 0 Å². The summed E-state index contributed by atoms with van der Waals surface area (Å²) in [4.78, 5) is 11.6. The van der Waals surface area contributed by atoms with Gasteiger partial charge in [-0.3, -0.25) is 4.79 Å². The number of hydrogen-bond donors (Lipinski definition) is 2. The van der Waals surface area contributed by atoms with Gasteiger partial charge in [-0.25, -0.2) is 0 Å². The lowest BCUT2D eigenvalue weighted by Gasteiger charge is -2.13. The number of rotatable bonds is 11. The first-order chi connectivity index (χ1) is 10.7. The van der Waals surface area contributed by atoms with Gasteiger partial charge in [-0.15, -0.1) is 0 Å². The van der Waals surface area contributed by atoms with Gasteiger partial charge >= 0.3 is 0 Å². The lowest BCUT2D eigenvalue weighted by Crippen LogP contribution is -2.23. The third-order valence-electron chi connectivity index (χ3n) is 2.77. The molecule has 1 aromatic rings. The molecule has 0 aliphatic rings. The molecule has 0 fully saturated rings. The SMILES string of the molecule is CCCOCC(O)COc1ccc(NC(=O)CCSC)cc1. The molecule has 1 amide bonds. The van der Waals surface area contributed by atoms with Crippen molar-refractivity contribution < 1.29 is 19.4 Å². The van der Waals surface area contributed by atoms with Crippen molar-refractivity contribution in [3.8, 4) is 5.75 Å². The number of ether oxygens (including phenoxy) is 2. The van der Waals surface area contributed by atoms with Crippen molar-refractivity contribution in [1.29, 1.82) is 0 Å². The van der Waals surface area contributed by atoms with Crippen molar-refractivity contribution >= 4 is 23.4 Å². The quantitative estimate of drug-likeness (QED) is 0.611. The highest BCUT2D eigenvalue weighted by Gasteiger charge is 2.06. The number of aliphatic hydroxyl groups excluding tert-OH is 1. The Hall–Kier alpha value is -1.24. The van der Waals surface area contributed by atoms with Crippen molar-refractivity contribution in [2.75, 3.05) is 37.1 Å². The van der Waals surface area contributed by atoms with E-state index in [1.54, 1.807) is 36.0 Å². The average Bonchev–Trinajstić information content (AvgIpc) is 2.52. The highest BCUT2D eigenvalue weighted by Crippen LogP contribution is 2.16. The number of carbonyl (C=O) groups excluding carboxylic acids is 1. The number of amides is 1. The fourth-order valence-corrected chi connectivity index (χ4v) is 2.05. The first-order valence-electron chi connectivity index (χ1n) is 7.43. The summed E-state index contributed by atoms with van der Waals surface area (Å²) in [5, 5.41) is 12.5. The predicted octanol–water partition coefficient (Wildman–Crippen LogP) is 2.54.